The molecule has 0 saturated carbocycles. The Hall–Kier alpha value is -3.80. The van der Waals surface area contributed by atoms with Crippen molar-refractivity contribution in [1.29, 1.82) is 0 Å². The summed E-state index contributed by atoms with van der Waals surface area (Å²) in [6, 6.07) is 15.0. The van der Waals surface area contributed by atoms with E-state index in [9.17, 15) is 10.1 Å². The topological polar surface area (TPSA) is 70.8 Å². The van der Waals surface area contributed by atoms with Gasteiger partial charge in [0, 0.05) is 22.8 Å². The summed E-state index contributed by atoms with van der Waals surface area (Å²) in [7, 11) is 3.27. The largest absolute Gasteiger partial charge is 0.497 e. The zero-order valence-electron chi connectivity index (χ0n) is 18.4. The molecule has 0 saturated heterocycles. The Kier molecular flexibility index (Phi) is 6.12. The van der Waals surface area contributed by atoms with Crippen LogP contribution in [0.15, 0.2) is 48.5 Å². The second-order valence-corrected chi connectivity index (χ2v) is 7.72. The minimum atomic E-state index is -0.295. The minimum absolute atomic E-state index is 0.195. The van der Waals surface area contributed by atoms with Crippen LogP contribution in [0.1, 0.15) is 34.2 Å². The van der Waals surface area contributed by atoms with E-state index in [1.165, 1.54) is 0 Å². The number of methoxy groups -OCH3 is 2. The van der Waals surface area contributed by atoms with Crippen molar-refractivity contribution >= 4 is 17.8 Å². The lowest BCUT2D eigenvalue weighted by atomic mass is 10.0. The number of benzene rings is 3. The van der Waals surface area contributed by atoms with Crippen LogP contribution in [0.5, 0.6) is 23.0 Å². The van der Waals surface area contributed by atoms with Crippen LogP contribution in [0.3, 0.4) is 0 Å². The van der Waals surface area contributed by atoms with Crippen molar-refractivity contribution in [2.75, 3.05) is 14.2 Å². The summed E-state index contributed by atoms with van der Waals surface area (Å²) in [5, 5.41) is 11.5. The van der Waals surface area contributed by atoms with E-state index in [-0.39, 0.29) is 10.6 Å². The fraction of sp³-hybridized carbons (Fsp3) is 0.231. The minimum Gasteiger partial charge on any atom is -0.497 e. The van der Waals surface area contributed by atoms with E-state index in [0.717, 1.165) is 57.9 Å². The van der Waals surface area contributed by atoms with Crippen molar-refractivity contribution in [1.82, 2.24) is 0 Å². The van der Waals surface area contributed by atoms with Gasteiger partial charge in [0.2, 0.25) is 0 Å². The Morgan fingerprint density at radius 2 is 1.62 bits per heavy atom. The molecule has 164 valence electrons. The molecule has 6 heteroatoms. The van der Waals surface area contributed by atoms with E-state index in [0.29, 0.717) is 12.2 Å². The molecule has 0 amide bonds. The van der Waals surface area contributed by atoms with Crippen molar-refractivity contribution in [2.45, 2.75) is 26.2 Å². The molecule has 0 heterocycles. The molecule has 32 heavy (non-hydrogen) atoms. The molecular formula is C26H25NO5. The third-order valence-corrected chi connectivity index (χ3v) is 5.70. The average Bonchev–Trinajstić information content (AvgIpc) is 3.29. The fourth-order valence-corrected chi connectivity index (χ4v) is 4.10. The fourth-order valence-electron chi connectivity index (χ4n) is 4.10. The summed E-state index contributed by atoms with van der Waals surface area (Å²) >= 11 is 0. The molecule has 0 fully saturated rings. The maximum Gasteiger partial charge on any atom is 0.273 e. The maximum absolute atomic E-state index is 11.5. The number of nitro benzene ring substituents is 1. The Morgan fingerprint density at radius 1 is 0.906 bits per heavy atom. The van der Waals surface area contributed by atoms with Gasteiger partial charge < -0.3 is 14.2 Å². The molecular weight excluding hydrogens is 406 g/mol. The van der Waals surface area contributed by atoms with Crippen LogP contribution in [0.25, 0.3) is 12.2 Å². The second kappa shape index (κ2) is 9.14. The Morgan fingerprint density at radius 3 is 2.31 bits per heavy atom. The van der Waals surface area contributed by atoms with Gasteiger partial charge in [-0.25, -0.2) is 0 Å². The number of aryl methyl sites for hydroxylation is 1. The molecule has 0 bridgehead atoms. The second-order valence-electron chi connectivity index (χ2n) is 7.72. The van der Waals surface area contributed by atoms with E-state index < -0.39 is 0 Å². The molecule has 0 unspecified atom stereocenters. The summed E-state index contributed by atoms with van der Waals surface area (Å²) in [5.74, 6) is 2.92. The van der Waals surface area contributed by atoms with E-state index >= 15 is 0 Å². The Balaban J connectivity index is 1.65. The van der Waals surface area contributed by atoms with E-state index in [4.69, 9.17) is 14.2 Å². The molecule has 1 aliphatic carbocycles. The molecule has 3 aromatic rings. The van der Waals surface area contributed by atoms with Gasteiger partial charge in [-0.15, -0.1) is 0 Å². The van der Waals surface area contributed by atoms with Crippen LogP contribution in [0.4, 0.5) is 5.69 Å². The molecule has 4 rings (SSSR count). The summed E-state index contributed by atoms with van der Waals surface area (Å²) in [4.78, 5) is 11.2. The normalized spacial score (nSPS) is 12.6. The van der Waals surface area contributed by atoms with Crippen LogP contribution in [-0.4, -0.2) is 19.1 Å². The SMILES string of the molecule is COc1ccc(/C=C/c2cc(Oc3c(C)cc([N+](=O)[O-])c4c3CCC4)ccc2OC)cc1. The predicted molar refractivity (Wildman–Crippen MR) is 125 cm³/mol. The lowest BCUT2D eigenvalue weighted by Crippen LogP contribution is -2.00. The molecule has 6 nitrogen and oxygen atoms in total. The smallest absolute Gasteiger partial charge is 0.273 e. The number of rotatable bonds is 7. The highest BCUT2D eigenvalue weighted by Gasteiger charge is 2.27. The van der Waals surface area contributed by atoms with Crippen molar-refractivity contribution in [3.05, 3.63) is 86.5 Å². The molecule has 0 aliphatic heterocycles. The summed E-state index contributed by atoms with van der Waals surface area (Å²) < 4.78 is 17.0. The van der Waals surface area contributed by atoms with Crippen LogP contribution in [0, 0.1) is 17.0 Å². The van der Waals surface area contributed by atoms with Crippen molar-refractivity contribution < 1.29 is 19.1 Å². The monoisotopic (exact) mass is 431 g/mol. The van der Waals surface area contributed by atoms with Crippen molar-refractivity contribution in [3.63, 3.8) is 0 Å². The van der Waals surface area contributed by atoms with E-state index in [1.54, 1.807) is 20.3 Å². The highest BCUT2D eigenvalue weighted by molar-refractivity contribution is 5.73. The first-order valence-corrected chi connectivity index (χ1v) is 10.5. The van der Waals surface area contributed by atoms with Crippen LogP contribution in [-0.2, 0) is 12.8 Å². The number of ether oxygens (including phenoxy) is 3. The van der Waals surface area contributed by atoms with Gasteiger partial charge >= 0.3 is 0 Å². The van der Waals surface area contributed by atoms with Crippen LogP contribution in [0.2, 0.25) is 0 Å². The van der Waals surface area contributed by atoms with Gasteiger partial charge in [-0.05, 0) is 67.6 Å². The Labute approximate surface area is 187 Å². The molecule has 0 atom stereocenters. The first-order chi connectivity index (χ1) is 15.5. The lowest BCUT2D eigenvalue weighted by Gasteiger charge is -2.15. The third-order valence-electron chi connectivity index (χ3n) is 5.70. The van der Waals surface area contributed by atoms with Crippen LogP contribution >= 0.6 is 0 Å². The molecule has 0 N–H and O–H groups in total. The first kappa shape index (κ1) is 21.4. The maximum atomic E-state index is 11.5. The summed E-state index contributed by atoms with van der Waals surface area (Å²) in [5.41, 5.74) is 4.61. The molecule has 3 aromatic carbocycles. The quantitative estimate of drug-likeness (QED) is 0.247. The summed E-state index contributed by atoms with van der Waals surface area (Å²) in [6.45, 7) is 1.86. The van der Waals surface area contributed by atoms with Gasteiger partial charge in [0.05, 0.1) is 19.1 Å². The van der Waals surface area contributed by atoms with Crippen molar-refractivity contribution in [2.24, 2.45) is 0 Å². The molecule has 0 aromatic heterocycles. The number of fused-ring (bicyclic) bond motifs is 1. The third kappa shape index (κ3) is 4.30. The van der Waals surface area contributed by atoms with Gasteiger partial charge in [0.25, 0.3) is 5.69 Å². The van der Waals surface area contributed by atoms with Gasteiger partial charge in [-0.3, -0.25) is 10.1 Å². The van der Waals surface area contributed by atoms with Crippen LogP contribution < -0.4 is 14.2 Å². The molecule has 0 spiro atoms. The predicted octanol–water partition coefficient (Wildman–Crippen LogP) is 6.37. The number of nitrogens with zero attached hydrogens (tertiary/aromatic N) is 1. The van der Waals surface area contributed by atoms with E-state index in [2.05, 4.69) is 0 Å². The lowest BCUT2D eigenvalue weighted by molar-refractivity contribution is -0.385. The number of hydrogen-bond donors (Lipinski definition) is 0. The number of hydrogen-bond acceptors (Lipinski definition) is 5. The number of nitro groups is 1. The zero-order valence-corrected chi connectivity index (χ0v) is 18.4. The Bertz CT molecular complexity index is 1180. The highest BCUT2D eigenvalue weighted by Crippen LogP contribution is 2.42. The average molecular weight is 431 g/mol. The van der Waals surface area contributed by atoms with Gasteiger partial charge in [0.1, 0.15) is 23.0 Å². The van der Waals surface area contributed by atoms with Crippen molar-refractivity contribution in [3.8, 4) is 23.0 Å². The van der Waals surface area contributed by atoms with Gasteiger partial charge in [-0.2, -0.15) is 0 Å². The molecule has 1 aliphatic rings. The zero-order chi connectivity index (χ0) is 22.7. The van der Waals surface area contributed by atoms with Gasteiger partial charge in [-0.1, -0.05) is 24.3 Å². The highest BCUT2D eigenvalue weighted by atomic mass is 16.6. The standard InChI is InChI=1S/C26H25NO5/c1-17-15-24(27(28)29)22-5-4-6-23(22)26(17)32-21-13-14-25(31-3)19(16-21)10-7-18-8-11-20(30-2)12-9-18/h7-16H,4-6H2,1-3H3/b10-7+. The summed E-state index contributed by atoms with van der Waals surface area (Å²) in [6.07, 6.45) is 6.36. The van der Waals surface area contributed by atoms with E-state index in [1.807, 2.05) is 61.5 Å². The van der Waals surface area contributed by atoms with Gasteiger partial charge in [0.15, 0.2) is 0 Å². The first-order valence-electron chi connectivity index (χ1n) is 10.5. The molecule has 0 radical (unpaired) electrons.